The molecule has 0 unspecified atom stereocenters. The van der Waals surface area contributed by atoms with E-state index in [2.05, 4.69) is 68.9 Å². The summed E-state index contributed by atoms with van der Waals surface area (Å²) in [4.78, 5) is 9.43. The molecule has 1 heterocycles. The maximum atomic E-state index is 5.45. The van der Waals surface area contributed by atoms with E-state index in [0.717, 1.165) is 37.8 Å². The van der Waals surface area contributed by atoms with Crippen molar-refractivity contribution in [3.05, 3.63) is 24.3 Å². The predicted octanol–water partition coefficient (Wildman–Crippen LogP) is 3.16. The lowest BCUT2D eigenvalue weighted by atomic mass is 9.94. The number of aliphatic imine (C=N–C) groups is 1. The first-order valence-electron chi connectivity index (χ1n) is 7.58. The first kappa shape index (κ1) is 15.8. The van der Waals surface area contributed by atoms with E-state index < -0.39 is 0 Å². The highest BCUT2D eigenvalue weighted by molar-refractivity contribution is 5.90. The van der Waals surface area contributed by atoms with Crippen LogP contribution in [0, 0.1) is 5.41 Å². The Morgan fingerprint density at radius 1 is 1.14 bits per heavy atom. The van der Waals surface area contributed by atoms with Crippen LogP contribution >= 0.6 is 0 Å². The zero-order chi connectivity index (χ0) is 15.5. The molecule has 0 aliphatic carbocycles. The summed E-state index contributed by atoms with van der Waals surface area (Å²) < 4.78 is 5.45. The largest absolute Gasteiger partial charge is 0.378 e. The van der Waals surface area contributed by atoms with Crippen molar-refractivity contribution in [3.63, 3.8) is 0 Å². The SMILES string of the molecule is CN(C)C(=Nc1ccccc1N1CCOCC1)C(C)(C)C. The first-order chi connectivity index (χ1) is 9.89. The van der Waals surface area contributed by atoms with Crippen molar-refractivity contribution in [2.75, 3.05) is 45.3 Å². The fourth-order valence-electron chi connectivity index (χ4n) is 2.68. The molecule has 0 aromatic heterocycles. The van der Waals surface area contributed by atoms with Gasteiger partial charge in [0.05, 0.1) is 24.6 Å². The summed E-state index contributed by atoms with van der Waals surface area (Å²) >= 11 is 0. The molecule has 21 heavy (non-hydrogen) atoms. The zero-order valence-corrected chi connectivity index (χ0v) is 13.9. The van der Waals surface area contributed by atoms with E-state index in [1.807, 2.05) is 0 Å². The van der Waals surface area contributed by atoms with E-state index in [-0.39, 0.29) is 5.41 Å². The standard InChI is InChI=1S/C17H27N3O/c1-17(2,3)16(19(4)5)18-14-8-6-7-9-15(14)20-10-12-21-13-11-20/h6-9H,10-13H2,1-5H3. The van der Waals surface area contributed by atoms with E-state index in [4.69, 9.17) is 9.73 Å². The molecule has 2 rings (SSSR count). The fourth-order valence-corrected chi connectivity index (χ4v) is 2.68. The molecule has 116 valence electrons. The number of hydrogen-bond acceptors (Lipinski definition) is 3. The average Bonchev–Trinajstić information content (AvgIpc) is 2.44. The van der Waals surface area contributed by atoms with Crippen molar-refractivity contribution in [1.29, 1.82) is 0 Å². The lowest BCUT2D eigenvalue weighted by Gasteiger charge is -2.31. The molecule has 0 radical (unpaired) electrons. The molecule has 0 N–H and O–H groups in total. The Hall–Kier alpha value is -1.55. The second-order valence-electron chi connectivity index (χ2n) is 6.67. The predicted molar refractivity (Wildman–Crippen MR) is 89.7 cm³/mol. The van der Waals surface area contributed by atoms with Gasteiger partial charge in [-0.1, -0.05) is 32.9 Å². The molecule has 4 nitrogen and oxygen atoms in total. The van der Waals surface area contributed by atoms with Gasteiger partial charge >= 0.3 is 0 Å². The molecule has 1 aromatic carbocycles. The van der Waals surface area contributed by atoms with Crippen LogP contribution in [0.15, 0.2) is 29.3 Å². The molecule has 4 heteroatoms. The smallest absolute Gasteiger partial charge is 0.110 e. The molecule has 1 aromatic rings. The molecule has 0 spiro atoms. The third-order valence-electron chi connectivity index (χ3n) is 3.55. The summed E-state index contributed by atoms with van der Waals surface area (Å²) in [6.07, 6.45) is 0. The lowest BCUT2D eigenvalue weighted by Crippen LogP contribution is -2.36. The highest BCUT2D eigenvalue weighted by Gasteiger charge is 2.22. The van der Waals surface area contributed by atoms with Gasteiger partial charge < -0.3 is 14.5 Å². The van der Waals surface area contributed by atoms with Crippen LogP contribution in [-0.2, 0) is 4.74 Å². The Labute approximate surface area is 128 Å². The molecule has 1 fully saturated rings. The van der Waals surface area contributed by atoms with E-state index in [1.165, 1.54) is 5.69 Å². The van der Waals surface area contributed by atoms with Gasteiger partial charge in [0.25, 0.3) is 0 Å². The number of anilines is 1. The normalized spacial score (nSPS) is 17.0. The van der Waals surface area contributed by atoms with Gasteiger partial charge in [-0.05, 0) is 12.1 Å². The van der Waals surface area contributed by atoms with Crippen molar-refractivity contribution < 1.29 is 4.74 Å². The molecule has 0 saturated carbocycles. The maximum absolute atomic E-state index is 5.45. The van der Waals surface area contributed by atoms with Gasteiger partial charge in [0.15, 0.2) is 0 Å². The zero-order valence-electron chi connectivity index (χ0n) is 13.9. The summed E-state index contributed by atoms with van der Waals surface area (Å²) in [7, 11) is 4.11. The second kappa shape index (κ2) is 6.48. The van der Waals surface area contributed by atoms with Crippen molar-refractivity contribution >= 4 is 17.2 Å². The van der Waals surface area contributed by atoms with Crippen molar-refractivity contribution in [2.24, 2.45) is 10.4 Å². The Morgan fingerprint density at radius 2 is 1.76 bits per heavy atom. The number of ether oxygens (including phenoxy) is 1. The Bertz CT molecular complexity index is 497. The van der Waals surface area contributed by atoms with Gasteiger partial charge in [0.2, 0.25) is 0 Å². The van der Waals surface area contributed by atoms with Crippen LogP contribution in [0.25, 0.3) is 0 Å². The minimum atomic E-state index is 0.0155. The maximum Gasteiger partial charge on any atom is 0.110 e. The molecule has 1 aliphatic rings. The molecule has 0 amide bonds. The van der Waals surface area contributed by atoms with Crippen LogP contribution in [0.2, 0.25) is 0 Å². The van der Waals surface area contributed by atoms with Gasteiger partial charge in [-0.15, -0.1) is 0 Å². The van der Waals surface area contributed by atoms with Crippen molar-refractivity contribution in [3.8, 4) is 0 Å². The summed E-state index contributed by atoms with van der Waals surface area (Å²) in [6, 6.07) is 8.38. The van der Waals surface area contributed by atoms with Crippen molar-refractivity contribution in [2.45, 2.75) is 20.8 Å². The third-order valence-corrected chi connectivity index (χ3v) is 3.55. The molecule has 0 atom stereocenters. The fraction of sp³-hybridized carbons (Fsp3) is 0.588. The third kappa shape index (κ3) is 3.97. The summed E-state index contributed by atoms with van der Waals surface area (Å²) in [5.41, 5.74) is 2.25. The minimum Gasteiger partial charge on any atom is -0.378 e. The topological polar surface area (TPSA) is 28.1 Å². The van der Waals surface area contributed by atoms with Gasteiger partial charge in [-0.3, -0.25) is 0 Å². The minimum absolute atomic E-state index is 0.0155. The number of nitrogens with zero attached hydrogens (tertiary/aromatic N) is 3. The molecular formula is C17H27N3O. The van der Waals surface area contributed by atoms with Crippen LogP contribution in [0.1, 0.15) is 20.8 Å². The van der Waals surface area contributed by atoms with Crippen LogP contribution in [0.4, 0.5) is 11.4 Å². The molecule has 1 aliphatic heterocycles. The number of para-hydroxylation sites is 2. The number of amidine groups is 1. The van der Waals surface area contributed by atoms with Gasteiger partial charge in [0.1, 0.15) is 5.84 Å². The molecule has 1 saturated heterocycles. The van der Waals surface area contributed by atoms with Gasteiger partial charge in [0, 0.05) is 32.6 Å². The van der Waals surface area contributed by atoms with Crippen LogP contribution in [-0.4, -0.2) is 51.1 Å². The number of rotatable bonds is 2. The number of hydrogen-bond donors (Lipinski definition) is 0. The summed E-state index contributed by atoms with van der Waals surface area (Å²) in [5.74, 6) is 1.09. The number of benzene rings is 1. The summed E-state index contributed by atoms with van der Waals surface area (Å²) in [5, 5.41) is 0. The Morgan fingerprint density at radius 3 is 2.33 bits per heavy atom. The van der Waals surface area contributed by atoms with Crippen LogP contribution < -0.4 is 4.90 Å². The van der Waals surface area contributed by atoms with E-state index >= 15 is 0 Å². The van der Waals surface area contributed by atoms with Gasteiger partial charge in [-0.2, -0.15) is 0 Å². The second-order valence-corrected chi connectivity index (χ2v) is 6.67. The Balaban J connectivity index is 2.39. The van der Waals surface area contributed by atoms with E-state index in [9.17, 15) is 0 Å². The lowest BCUT2D eigenvalue weighted by molar-refractivity contribution is 0.123. The molecular weight excluding hydrogens is 262 g/mol. The van der Waals surface area contributed by atoms with Crippen LogP contribution in [0.5, 0.6) is 0 Å². The average molecular weight is 289 g/mol. The van der Waals surface area contributed by atoms with E-state index in [0.29, 0.717) is 0 Å². The highest BCUT2D eigenvalue weighted by atomic mass is 16.5. The Kier molecular flexibility index (Phi) is 4.88. The van der Waals surface area contributed by atoms with Crippen LogP contribution in [0.3, 0.4) is 0 Å². The highest BCUT2D eigenvalue weighted by Crippen LogP contribution is 2.31. The summed E-state index contributed by atoms with van der Waals surface area (Å²) in [6.45, 7) is 10.0. The quantitative estimate of drug-likeness (QED) is 0.618. The van der Waals surface area contributed by atoms with E-state index in [1.54, 1.807) is 0 Å². The van der Waals surface area contributed by atoms with Crippen molar-refractivity contribution in [1.82, 2.24) is 4.90 Å². The number of morpholine rings is 1. The van der Waals surface area contributed by atoms with Gasteiger partial charge in [-0.25, -0.2) is 4.99 Å². The monoisotopic (exact) mass is 289 g/mol. The molecule has 0 bridgehead atoms. The first-order valence-corrected chi connectivity index (χ1v) is 7.58.